The third-order valence-electron chi connectivity index (χ3n) is 3.73. The molecule has 0 bridgehead atoms. The molecule has 2 atom stereocenters. The van der Waals surface area contributed by atoms with Crippen molar-refractivity contribution >= 4 is 21.8 Å². The number of primary amides is 1. The number of nitrogens with two attached hydrogens (primary N) is 1. The Morgan fingerprint density at radius 3 is 2.67 bits per heavy atom. The highest BCUT2D eigenvalue weighted by Gasteiger charge is 2.56. The number of rotatable bonds is 3. The van der Waals surface area contributed by atoms with Gasteiger partial charge in [0.05, 0.1) is 11.8 Å². The second-order valence-electron chi connectivity index (χ2n) is 5.66. The van der Waals surface area contributed by atoms with Gasteiger partial charge in [-0.25, -0.2) is 8.78 Å². The number of aliphatic hydroxyl groups excluding tert-OH is 1. The van der Waals surface area contributed by atoms with Crippen LogP contribution in [0.3, 0.4) is 0 Å². The highest BCUT2D eigenvalue weighted by Crippen LogP contribution is 2.51. The standard InChI is InChI=1S/C14H16BrF2NO3/c1-13(2)11(12(18)20)10(14(16,17)6-19)8-5-7(15)3-4-9(8)21-13/h3-5,10-11,19H,6H2,1-2H3,(H2,18,20)/t10?,11-/m0/s1. The quantitative estimate of drug-likeness (QED) is 0.866. The van der Waals surface area contributed by atoms with Crippen LogP contribution in [0.4, 0.5) is 8.78 Å². The van der Waals surface area contributed by atoms with Crippen LogP contribution in [-0.2, 0) is 4.79 Å². The Morgan fingerprint density at radius 1 is 1.52 bits per heavy atom. The fraction of sp³-hybridized carbons (Fsp3) is 0.500. The van der Waals surface area contributed by atoms with E-state index in [9.17, 15) is 13.6 Å². The minimum atomic E-state index is -3.49. The number of amides is 1. The zero-order valence-corrected chi connectivity index (χ0v) is 13.2. The van der Waals surface area contributed by atoms with E-state index in [2.05, 4.69) is 15.9 Å². The molecule has 0 fully saturated rings. The van der Waals surface area contributed by atoms with Crippen molar-refractivity contribution in [2.24, 2.45) is 11.7 Å². The van der Waals surface area contributed by atoms with E-state index in [4.69, 9.17) is 15.6 Å². The van der Waals surface area contributed by atoms with Gasteiger partial charge in [-0.15, -0.1) is 0 Å². The van der Waals surface area contributed by atoms with Gasteiger partial charge in [-0.05, 0) is 32.0 Å². The van der Waals surface area contributed by atoms with Gasteiger partial charge < -0.3 is 15.6 Å². The fourth-order valence-corrected chi connectivity index (χ4v) is 3.24. The Labute approximate surface area is 129 Å². The number of ether oxygens (including phenoxy) is 1. The van der Waals surface area contributed by atoms with Gasteiger partial charge in [-0.1, -0.05) is 15.9 Å². The molecule has 0 aliphatic carbocycles. The number of fused-ring (bicyclic) bond motifs is 1. The van der Waals surface area contributed by atoms with Crippen molar-refractivity contribution in [3.63, 3.8) is 0 Å². The molecule has 2 rings (SSSR count). The minimum Gasteiger partial charge on any atom is -0.487 e. The average molecular weight is 364 g/mol. The molecular weight excluding hydrogens is 348 g/mol. The van der Waals surface area contributed by atoms with Crippen LogP contribution in [0.5, 0.6) is 5.75 Å². The molecular formula is C14H16BrF2NO3. The maximum absolute atomic E-state index is 14.3. The third kappa shape index (κ3) is 2.76. The molecule has 0 spiro atoms. The van der Waals surface area contributed by atoms with Gasteiger partial charge in [0.25, 0.3) is 5.92 Å². The van der Waals surface area contributed by atoms with Crippen LogP contribution in [-0.4, -0.2) is 29.1 Å². The van der Waals surface area contributed by atoms with Crippen molar-refractivity contribution in [1.82, 2.24) is 0 Å². The molecule has 7 heteroatoms. The zero-order valence-electron chi connectivity index (χ0n) is 11.6. The molecule has 0 aromatic heterocycles. The first-order valence-corrected chi connectivity index (χ1v) is 7.16. The summed E-state index contributed by atoms with van der Waals surface area (Å²) in [5.74, 6) is -6.92. The molecule has 1 aliphatic rings. The Kier molecular flexibility index (Phi) is 4.01. The van der Waals surface area contributed by atoms with Gasteiger partial charge in [0, 0.05) is 10.0 Å². The lowest BCUT2D eigenvalue weighted by molar-refractivity contribution is -0.148. The first kappa shape index (κ1) is 16.2. The number of hydrogen-bond acceptors (Lipinski definition) is 3. The number of aliphatic hydroxyl groups is 1. The van der Waals surface area contributed by atoms with Crippen molar-refractivity contribution in [2.45, 2.75) is 31.3 Å². The largest absolute Gasteiger partial charge is 0.487 e. The summed E-state index contributed by atoms with van der Waals surface area (Å²) < 4.78 is 34.8. The molecule has 1 unspecified atom stereocenters. The van der Waals surface area contributed by atoms with Gasteiger partial charge >= 0.3 is 0 Å². The summed E-state index contributed by atoms with van der Waals surface area (Å²) >= 11 is 3.21. The molecule has 1 amide bonds. The van der Waals surface area contributed by atoms with Crippen LogP contribution >= 0.6 is 15.9 Å². The predicted octanol–water partition coefficient (Wildman–Crippen LogP) is 2.43. The van der Waals surface area contributed by atoms with E-state index in [-0.39, 0.29) is 11.3 Å². The van der Waals surface area contributed by atoms with E-state index < -0.39 is 35.9 Å². The average Bonchev–Trinajstić information content (AvgIpc) is 2.36. The second-order valence-corrected chi connectivity index (χ2v) is 6.58. The number of hydrogen-bond donors (Lipinski definition) is 2. The summed E-state index contributed by atoms with van der Waals surface area (Å²) in [6, 6.07) is 4.68. The predicted molar refractivity (Wildman–Crippen MR) is 76.3 cm³/mol. The summed E-state index contributed by atoms with van der Waals surface area (Å²) in [6.45, 7) is 1.70. The number of halogens is 3. The summed E-state index contributed by atoms with van der Waals surface area (Å²) in [6.07, 6.45) is 0. The molecule has 3 N–H and O–H groups in total. The van der Waals surface area contributed by atoms with Crippen LogP contribution < -0.4 is 10.5 Å². The molecule has 21 heavy (non-hydrogen) atoms. The highest BCUT2D eigenvalue weighted by molar-refractivity contribution is 9.10. The van der Waals surface area contributed by atoms with Crippen molar-refractivity contribution in [3.8, 4) is 5.75 Å². The molecule has 0 saturated heterocycles. The van der Waals surface area contributed by atoms with Crippen LogP contribution in [0.25, 0.3) is 0 Å². The maximum Gasteiger partial charge on any atom is 0.278 e. The topological polar surface area (TPSA) is 72.6 Å². The van der Waals surface area contributed by atoms with Crippen molar-refractivity contribution in [3.05, 3.63) is 28.2 Å². The van der Waals surface area contributed by atoms with E-state index >= 15 is 0 Å². The van der Waals surface area contributed by atoms with Crippen LogP contribution in [0.1, 0.15) is 25.3 Å². The van der Waals surface area contributed by atoms with E-state index in [1.54, 1.807) is 12.1 Å². The number of carbonyl (C=O) groups excluding carboxylic acids is 1. The van der Waals surface area contributed by atoms with Crippen molar-refractivity contribution in [2.75, 3.05) is 6.61 Å². The van der Waals surface area contributed by atoms with Gasteiger partial charge in [0.15, 0.2) is 0 Å². The van der Waals surface area contributed by atoms with E-state index in [1.807, 2.05) is 0 Å². The van der Waals surface area contributed by atoms with Crippen LogP contribution in [0, 0.1) is 5.92 Å². The lowest BCUT2D eigenvalue weighted by atomic mass is 9.71. The first-order valence-electron chi connectivity index (χ1n) is 6.36. The molecule has 1 aromatic carbocycles. The van der Waals surface area contributed by atoms with E-state index in [0.717, 1.165) is 0 Å². The molecule has 1 aromatic rings. The molecule has 0 radical (unpaired) electrons. The normalized spacial score (nSPS) is 24.1. The minimum absolute atomic E-state index is 0.159. The monoisotopic (exact) mass is 363 g/mol. The summed E-state index contributed by atoms with van der Waals surface area (Å²) in [5.41, 5.74) is 4.29. The Bertz CT molecular complexity index is 577. The van der Waals surface area contributed by atoms with Gasteiger partial charge in [-0.2, -0.15) is 0 Å². The lowest BCUT2D eigenvalue weighted by Crippen LogP contribution is -2.55. The summed E-state index contributed by atoms with van der Waals surface area (Å²) in [4.78, 5) is 11.8. The molecule has 4 nitrogen and oxygen atoms in total. The summed E-state index contributed by atoms with van der Waals surface area (Å²) in [7, 11) is 0. The van der Waals surface area contributed by atoms with Gasteiger partial charge in [0.2, 0.25) is 5.91 Å². The third-order valence-corrected chi connectivity index (χ3v) is 4.23. The van der Waals surface area contributed by atoms with Crippen LogP contribution in [0.15, 0.2) is 22.7 Å². The fourth-order valence-electron chi connectivity index (χ4n) is 2.86. The number of carbonyl (C=O) groups is 1. The van der Waals surface area contributed by atoms with E-state index in [1.165, 1.54) is 19.9 Å². The smallest absolute Gasteiger partial charge is 0.278 e. The first-order chi connectivity index (χ1) is 9.60. The zero-order chi connectivity index (χ0) is 16.0. The highest BCUT2D eigenvalue weighted by atomic mass is 79.9. The Balaban J connectivity index is 2.70. The lowest BCUT2D eigenvalue weighted by Gasteiger charge is -2.45. The molecule has 1 aliphatic heterocycles. The van der Waals surface area contributed by atoms with Crippen molar-refractivity contribution in [1.29, 1.82) is 0 Å². The second kappa shape index (κ2) is 5.21. The number of benzene rings is 1. The Hall–Kier alpha value is -1.21. The summed E-state index contributed by atoms with van der Waals surface area (Å²) in [5, 5.41) is 9.06. The van der Waals surface area contributed by atoms with Gasteiger partial charge in [-0.3, -0.25) is 4.79 Å². The van der Waals surface area contributed by atoms with Crippen molar-refractivity contribution < 1.29 is 23.4 Å². The SMILES string of the molecule is CC1(C)Oc2ccc(Br)cc2C(C(F)(F)CO)[C@H]1C(N)=O. The molecule has 1 heterocycles. The Morgan fingerprint density at radius 2 is 2.14 bits per heavy atom. The van der Waals surface area contributed by atoms with Gasteiger partial charge in [0.1, 0.15) is 18.0 Å². The maximum atomic E-state index is 14.3. The number of alkyl halides is 2. The van der Waals surface area contributed by atoms with E-state index in [0.29, 0.717) is 4.47 Å². The molecule has 0 saturated carbocycles. The van der Waals surface area contributed by atoms with Crippen LogP contribution in [0.2, 0.25) is 0 Å². The molecule has 116 valence electrons.